The van der Waals surface area contributed by atoms with Crippen LogP contribution >= 0.6 is 23.2 Å². The van der Waals surface area contributed by atoms with Crippen molar-refractivity contribution in [2.24, 2.45) is 0 Å². The van der Waals surface area contributed by atoms with E-state index in [2.05, 4.69) is 0 Å². The van der Waals surface area contributed by atoms with E-state index >= 15 is 0 Å². The van der Waals surface area contributed by atoms with Crippen LogP contribution in [0.25, 0.3) is 0 Å². The Hall–Kier alpha value is -1.76. The Morgan fingerprint density at radius 2 is 1.97 bits per heavy atom. The van der Waals surface area contributed by atoms with Crippen LogP contribution in [-0.2, 0) is 21.2 Å². The van der Waals surface area contributed by atoms with Gasteiger partial charge in [-0.25, -0.2) is 8.42 Å². The number of sulfone groups is 1. The fourth-order valence-electron chi connectivity index (χ4n) is 3.38. The molecular formula is C21H23Cl2NO4S. The molecule has 156 valence electrons. The number of hydrogen-bond acceptors (Lipinski definition) is 4. The molecule has 0 spiro atoms. The van der Waals surface area contributed by atoms with Crippen LogP contribution in [0, 0.1) is 13.8 Å². The van der Waals surface area contributed by atoms with Gasteiger partial charge in [0, 0.05) is 22.6 Å². The predicted molar refractivity (Wildman–Crippen MR) is 115 cm³/mol. The lowest BCUT2D eigenvalue weighted by Gasteiger charge is -2.29. The molecule has 1 unspecified atom stereocenters. The first kappa shape index (κ1) is 21.9. The Morgan fingerprint density at radius 3 is 2.62 bits per heavy atom. The van der Waals surface area contributed by atoms with Gasteiger partial charge in [0.25, 0.3) is 5.91 Å². The highest BCUT2D eigenvalue weighted by atomic mass is 35.5. The normalized spacial score (nSPS) is 17.9. The molecule has 1 saturated heterocycles. The van der Waals surface area contributed by atoms with Gasteiger partial charge >= 0.3 is 0 Å². The molecule has 3 rings (SSSR count). The van der Waals surface area contributed by atoms with Gasteiger partial charge in [0.2, 0.25) is 0 Å². The summed E-state index contributed by atoms with van der Waals surface area (Å²) in [4.78, 5) is 14.6. The monoisotopic (exact) mass is 455 g/mol. The summed E-state index contributed by atoms with van der Waals surface area (Å²) in [6.45, 7) is 3.93. The molecular weight excluding hydrogens is 433 g/mol. The van der Waals surface area contributed by atoms with E-state index in [1.165, 1.54) is 0 Å². The van der Waals surface area contributed by atoms with E-state index in [-0.39, 0.29) is 30.6 Å². The summed E-state index contributed by atoms with van der Waals surface area (Å²) in [6.07, 6.45) is 0.406. The quantitative estimate of drug-likeness (QED) is 0.654. The van der Waals surface area contributed by atoms with Crippen LogP contribution in [0.3, 0.4) is 0 Å². The van der Waals surface area contributed by atoms with E-state index < -0.39 is 15.9 Å². The molecule has 1 atom stereocenters. The number of amides is 1. The Bertz CT molecular complexity index is 1020. The van der Waals surface area contributed by atoms with E-state index in [1.807, 2.05) is 32.0 Å². The SMILES string of the molecule is Cc1cccc(OCC(=O)N(Cc2ccc(Cl)cc2Cl)C2CCS(=O)(=O)C2)c1C. The Labute approximate surface area is 181 Å². The number of halogens is 2. The second-order valence-corrected chi connectivity index (χ2v) is 10.4. The van der Waals surface area contributed by atoms with Gasteiger partial charge in [-0.15, -0.1) is 0 Å². The van der Waals surface area contributed by atoms with Gasteiger partial charge in [0.1, 0.15) is 5.75 Å². The highest BCUT2D eigenvalue weighted by molar-refractivity contribution is 7.91. The molecule has 1 amide bonds. The molecule has 1 aliphatic heterocycles. The maximum Gasteiger partial charge on any atom is 0.261 e. The van der Waals surface area contributed by atoms with E-state index in [4.69, 9.17) is 27.9 Å². The van der Waals surface area contributed by atoms with Crippen molar-refractivity contribution in [1.82, 2.24) is 4.90 Å². The van der Waals surface area contributed by atoms with E-state index in [1.54, 1.807) is 23.1 Å². The molecule has 2 aromatic carbocycles. The molecule has 1 aliphatic rings. The average molecular weight is 456 g/mol. The Balaban J connectivity index is 1.80. The molecule has 0 aromatic heterocycles. The molecule has 0 saturated carbocycles. The van der Waals surface area contributed by atoms with Crippen molar-refractivity contribution in [3.05, 3.63) is 63.1 Å². The van der Waals surface area contributed by atoms with E-state index in [9.17, 15) is 13.2 Å². The largest absolute Gasteiger partial charge is 0.483 e. The summed E-state index contributed by atoms with van der Waals surface area (Å²) in [5.41, 5.74) is 2.75. The molecule has 0 N–H and O–H groups in total. The summed E-state index contributed by atoms with van der Waals surface area (Å²) in [7, 11) is -3.15. The number of nitrogens with zero attached hydrogens (tertiary/aromatic N) is 1. The zero-order chi connectivity index (χ0) is 21.2. The van der Waals surface area contributed by atoms with Crippen LogP contribution < -0.4 is 4.74 Å². The second kappa shape index (κ2) is 8.94. The number of ether oxygens (including phenoxy) is 1. The minimum Gasteiger partial charge on any atom is -0.483 e. The van der Waals surface area contributed by atoms with E-state index in [0.717, 1.165) is 11.1 Å². The lowest BCUT2D eigenvalue weighted by molar-refractivity contribution is -0.136. The van der Waals surface area contributed by atoms with Crippen molar-refractivity contribution in [2.45, 2.75) is 32.9 Å². The minimum absolute atomic E-state index is 0.0482. The van der Waals surface area contributed by atoms with Crippen LogP contribution in [0.1, 0.15) is 23.1 Å². The standard InChI is InChI=1S/C21H23Cl2NO4S/c1-14-4-3-5-20(15(14)2)28-12-21(25)24(18-8-9-29(26,27)13-18)11-16-6-7-17(22)10-19(16)23/h3-7,10,18H,8-9,11-13H2,1-2H3. The molecule has 0 aliphatic carbocycles. The second-order valence-electron chi connectivity index (χ2n) is 7.30. The first-order valence-electron chi connectivity index (χ1n) is 9.29. The zero-order valence-corrected chi connectivity index (χ0v) is 18.6. The number of carbonyl (C=O) groups excluding carboxylic acids is 1. The third-order valence-corrected chi connectivity index (χ3v) is 7.57. The number of carbonyl (C=O) groups is 1. The van der Waals surface area contributed by atoms with Crippen molar-refractivity contribution < 1.29 is 17.9 Å². The molecule has 1 heterocycles. The summed E-state index contributed by atoms with van der Waals surface area (Å²) in [5, 5.41) is 0.935. The fourth-order valence-corrected chi connectivity index (χ4v) is 5.58. The van der Waals surface area contributed by atoms with Gasteiger partial charge in [0.05, 0.1) is 11.5 Å². The number of aryl methyl sites for hydroxylation is 1. The van der Waals surface area contributed by atoms with Gasteiger partial charge in [-0.3, -0.25) is 4.79 Å². The molecule has 2 aromatic rings. The summed E-state index contributed by atoms with van der Waals surface area (Å²) >= 11 is 12.2. The third kappa shape index (κ3) is 5.44. The number of rotatable bonds is 6. The van der Waals surface area contributed by atoms with E-state index in [0.29, 0.717) is 27.8 Å². The van der Waals surface area contributed by atoms with Crippen LogP contribution in [0.5, 0.6) is 5.75 Å². The highest BCUT2D eigenvalue weighted by Gasteiger charge is 2.35. The van der Waals surface area contributed by atoms with Gasteiger partial charge in [-0.05, 0) is 55.2 Å². The predicted octanol–water partition coefficient (Wildman–Crippen LogP) is 4.20. The number of hydrogen-bond donors (Lipinski definition) is 0. The van der Waals surface area contributed by atoms with Gasteiger partial charge < -0.3 is 9.64 Å². The lowest BCUT2D eigenvalue weighted by atomic mass is 10.1. The highest BCUT2D eigenvalue weighted by Crippen LogP contribution is 2.26. The average Bonchev–Trinajstić information content (AvgIpc) is 3.01. The first-order chi connectivity index (χ1) is 13.7. The Morgan fingerprint density at radius 1 is 1.21 bits per heavy atom. The molecule has 0 bridgehead atoms. The fraction of sp³-hybridized carbons (Fsp3) is 0.381. The summed E-state index contributed by atoms with van der Waals surface area (Å²) in [5.74, 6) is 0.391. The summed E-state index contributed by atoms with van der Waals surface area (Å²) in [6, 6.07) is 10.3. The first-order valence-corrected chi connectivity index (χ1v) is 11.9. The maximum atomic E-state index is 13.0. The number of benzene rings is 2. The molecule has 1 fully saturated rings. The smallest absolute Gasteiger partial charge is 0.261 e. The van der Waals surface area contributed by atoms with Crippen LogP contribution in [-0.4, -0.2) is 43.4 Å². The Kier molecular flexibility index (Phi) is 6.76. The van der Waals surface area contributed by atoms with Crippen molar-refractivity contribution in [3.8, 4) is 5.75 Å². The van der Waals surface area contributed by atoms with Crippen molar-refractivity contribution >= 4 is 38.9 Å². The molecule has 5 nitrogen and oxygen atoms in total. The zero-order valence-electron chi connectivity index (χ0n) is 16.3. The van der Waals surface area contributed by atoms with Crippen molar-refractivity contribution in [1.29, 1.82) is 0 Å². The van der Waals surface area contributed by atoms with Crippen LogP contribution in [0.15, 0.2) is 36.4 Å². The molecule has 0 radical (unpaired) electrons. The van der Waals surface area contributed by atoms with Crippen molar-refractivity contribution in [2.75, 3.05) is 18.1 Å². The molecule has 29 heavy (non-hydrogen) atoms. The lowest BCUT2D eigenvalue weighted by Crippen LogP contribution is -2.43. The van der Waals surface area contributed by atoms with Crippen molar-refractivity contribution in [3.63, 3.8) is 0 Å². The third-order valence-electron chi connectivity index (χ3n) is 5.23. The molecule has 8 heteroatoms. The topological polar surface area (TPSA) is 63.7 Å². The summed E-state index contributed by atoms with van der Waals surface area (Å²) < 4.78 is 29.7. The van der Waals surface area contributed by atoms with Gasteiger partial charge in [0.15, 0.2) is 16.4 Å². The van der Waals surface area contributed by atoms with Gasteiger partial charge in [-0.2, -0.15) is 0 Å². The van der Waals surface area contributed by atoms with Crippen LogP contribution in [0.2, 0.25) is 10.0 Å². The minimum atomic E-state index is -3.15. The maximum absolute atomic E-state index is 13.0. The van der Waals surface area contributed by atoms with Gasteiger partial charge in [-0.1, -0.05) is 41.4 Å². The van der Waals surface area contributed by atoms with Crippen LogP contribution in [0.4, 0.5) is 0 Å².